The van der Waals surface area contributed by atoms with E-state index in [-0.39, 0.29) is 10.6 Å². The Hall–Kier alpha value is -1.31. The first-order valence-corrected chi connectivity index (χ1v) is 7.86. The molecule has 1 fully saturated rings. The van der Waals surface area contributed by atoms with Crippen LogP contribution in [-0.4, -0.2) is 46.0 Å². The highest BCUT2D eigenvalue weighted by Crippen LogP contribution is 2.29. The highest BCUT2D eigenvalue weighted by atomic mass is 32.2. The summed E-state index contributed by atoms with van der Waals surface area (Å²) < 4.78 is 22.9. The van der Waals surface area contributed by atoms with E-state index in [2.05, 4.69) is 16.7 Å². The number of benzene rings is 1. The number of sulfonamides is 1. The number of para-hydroxylation sites is 1. The van der Waals surface area contributed by atoms with Gasteiger partial charge >= 0.3 is 0 Å². The highest BCUT2D eigenvalue weighted by Gasteiger charge is 2.21. The van der Waals surface area contributed by atoms with Gasteiger partial charge in [0.2, 0.25) is 10.0 Å². The average Bonchev–Trinajstić information content (AvgIpc) is 2.38. The van der Waals surface area contributed by atoms with Gasteiger partial charge in [-0.15, -0.1) is 0 Å². The van der Waals surface area contributed by atoms with E-state index < -0.39 is 10.0 Å². The molecule has 0 spiro atoms. The third-order valence-electron chi connectivity index (χ3n) is 3.51. The Bertz CT molecular complexity index is 551. The molecule has 0 amide bonds. The van der Waals surface area contributed by atoms with Crippen LogP contribution >= 0.6 is 0 Å². The molecular weight excluding hydrogens is 264 g/mol. The number of primary sulfonamides is 1. The monoisotopic (exact) mass is 284 g/mol. The van der Waals surface area contributed by atoms with E-state index in [1.807, 2.05) is 6.07 Å². The fraction of sp³-hybridized carbons (Fsp3) is 0.500. The van der Waals surface area contributed by atoms with E-state index in [1.54, 1.807) is 6.07 Å². The summed E-state index contributed by atoms with van der Waals surface area (Å²) in [5.41, 5.74) is 6.95. The van der Waals surface area contributed by atoms with Gasteiger partial charge in [-0.05, 0) is 18.7 Å². The van der Waals surface area contributed by atoms with Gasteiger partial charge in [0.15, 0.2) is 0 Å². The number of nitrogens with two attached hydrogens (primary N) is 2. The predicted molar refractivity (Wildman–Crippen MR) is 76.6 cm³/mol. The van der Waals surface area contributed by atoms with Crippen molar-refractivity contribution in [1.29, 1.82) is 0 Å². The SMILES string of the molecule is CCN1CCN(c2cccc(S(N)(=O)=O)c2N)CC1. The summed E-state index contributed by atoms with van der Waals surface area (Å²) >= 11 is 0. The minimum Gasteiger partial charge on any atom is -0.396 e. The molecular formula is C12H20N4O2S. The van der Waals surface area contributed by atoms with Crippen molar-refractivity contribution < 1.29 is 8.42 Å². The lowest BCUT2D eigenvalue weighted by Gasteiger charge is -2.36. The fourth-order valence-corrected chi connectivity index (χ4v) is 3.04. The molecule has 19 heavy (non-hydrogen) atoms. The van der Waals surface area contributed by atoms with Crippen LogP contribution in [0.4, 0.5) is 11.4 Å². The molecule has 0 unspecified atom stereocenters. The summed E-state index contributed by atoms with van der Waals surface area (Å²) in [4.78, 5) is 4.45. The third-order valence-corrected chi connectivity index (χ3v) is 4.48. The summed E-state index contributed by atoms with van der Waals surface area (Å²) in [5, 5.41) is 5.17. The molecule has 1 aromatic rings. The van der Waals surface area contributed by atoms with Crippen LogP contribution in [0.1, 0.15) is 6.92 Å². The maximum Gasteiger partial charge on any atom is 0.240 e. The second-order valence-corrected chi connectivity index (χ2v) is 6.19. The van der Waals surface area contributed by atoms with Crippen LogP contribution in [0.3, 0.4) is 0 Å². The van der Waals surface area contributed by atoms with Crippen LogP contribution in [-0.2, 0) is 10.0 Å². The zero-order valence-electron chi connectivity index (χ0n) is 11.0. The zero-order chi connectivity index (χ0) is 14.0. The van der Waals surface area contributed by atoms with Crippen molar-refractivity contribution in [3.63, 3.8) is 0 Å². The molecule has 106 valence electrons. The van der Waals surface area contributed by atoms with Gasteiger partial charge in [0.25, 0.3) is 0 Å². The molecule has 0 saturated carbocycles. The molecule has 0 aliphatic carbocycles. The summed E-state index contributed by atoms with van der Waals surface area (Å²) in [6.07, 6.45) is 0. The number of anilines is 2. The van der Waals surface area contributed by atoms with Gasteiger partial charge in [-0.2, -0.15) is 0 Å². The first kappa shape index (κ1) is 14.1. The van der Waals surface area contributed by atoms with Crippen molar-refractivity contribution in [2.24, 2.45) is 5.14 Å². The van der Waals surface area contributed by atoms with Crippen LogP contribution in [0.2, 0.25) is 0 Å². The number of rotatable bonds is 3. The molecule has 1 aromatic carbocycles. The lowest BCUT2D eigenvalue weighted by molar-refractivity contribution is 0.271. The normalized spacial score (nSPS) is 17.7. The second-order valence-electron chi connectivity index (χ2n) is 4.66. The Morgan fingerprint density at radius 1 is 1.21 bits per heavy atom. The summed E-state index contributed by atoms with van der Waals surface area (Å²) in [6, 6.07) is 4.96. The van der Waals surface area contributed by atoms with Gasteiger partial charge < -0.3 is 15.5 Å². The van der Waals surface area contributed by atoms with E-state index >= 15 is 0 Å². The van der Waals surface area contributed by atoms with Crippen molar-refractivity contribution in [3.05, 3.63) is 18.2 Å². The maximum atomic E-state index is 11.5. The van der Waals surface area contributed by atoms with Crippen LogP contribution < -0.4 is 15.8 Å². The quantitative estimate of drug-likeness (QED) is 0.766. The highest BCUT2D eigenvalue weighted by molar-refractivity contribution is 7.89. The van der Waals surface area contributed by atoms with Crippen molar-refractivity contribution in [1.82, 2.24) is 4.90 Å². The number of hydrogen-bond donors (Lipinski definition) is 2. The summed E-state index contributed by atoms with van der Waals surface area (Å²) in [5.74, 6) is 0. The number of likely N-dealkylation sites (N-methyl/N-ethyl adjacent to an activating group) is 1. The topological polar surface area (TPSA) is 92.7 Å². The number of nitrogens with zero attached hydrogens (tertiary/aromatic N) is 2. The van der Waals surface area contributed by atoms with Crippen LogP contribution in [0.15, 0.2) is 23.1 Å². The molecule has 1 heterocycles. The number of nitrogen functional groups attached to an aromatic ring is 1. The molecule has 1 aliphatic heterocycles. The van der Waals surface area contributed by atoms with Gasteiger partial charge in [-0.1, -0.05) is 13.0 Å². The number of piperazine rings is 1. The van der Waals surface area contributed by atoms with Crippen LogP contribution in [0.25, 0.3) is 0 Å². The molecule has 7 heteroatoms. The van der Waals surface area contributed by atoms with Gasteiger partial charge in [0, 0.05) is 26.2 Å². The molecule has 2 rings (SSSR count). The van der Waals surface area contributed by atoms with E-state index in [9.17, 15) is 8.42 Å². The van der Waals surface area contributed by atoms with E-state index in [4.69, 9.17) is 10.9 Å². The maximum absolute atomic E-state index is 11.5. The zero-order valence-corrected chi connectivity index (χ0v) is 11.9. The average molecular weight is 284 g/mol. The molecule has 0 aromatic heterocycles. The lowest BCUT2D eigenvalue weighted by Crippen LogP contribution is -2.46. The molecule has 6 nitrogen and oxygen atoms in total. The Labute approximate surface area is 114 Å². The van der Waals surface area contributed by atoms with Gasteiger partial charge in [-0.3, -0.25) is 0 Å². The summed E-state index contributed by atoms with van der Waals surface area (Å²) in [7, 11) is -3.77. The minimum atomic E-state index is -3.77. The molecule has 4 N–H and O–H groups in total. The lowest BCUT2D eigenvalue weighted by atomic mass is 10.2. The van der Waals surface area contributed by atoms with E-state index in [1.165, 1.54) is 6.07 Å². The molecule has 0 bridgehead atoms. The second kappa shape index (κ2) is 5.36. The molecule has 1 aliphatic rings. The minimum absolute atomic E-state index is 0.00270. The fourth-order valence-electron chi connectivity index (χ4n) is 2.36. The Morgan fingerprint density at radius 3 is 2.37 bits per heavy atom. The summed E-state index contributed by atoms with van der Waals surface area (Å²) in [6.45, 7) is 6.75. The first-order chi connectivity index (χ1) is 8.93. The van der Waals surface area contributed by atoms with Gasteiger partial charge in [0.05, 0.1) is 11.4 Å². The molecule has 1 saturated heterocycles. The smallest absolute Gasteiger partial charge is 0.240 e. The molecule has 0 radical (unpaired) electrons. The predicted octanol–water partition coefficient (Wildman–Crippen LogP) is 0.0581. The third kappa shape index (κ3) is 2.99. The van der Waals surface area contributed by atoms with Gasteiger partial charge in [-0.25, -0.2) is 13.6 Å². The van der Waals surface area contributed by atoms with Crippen molar-refractivity contribution in [2.45, 2.75) is 11.8 Å². The standard InChI is InChI=1S/C12H20N4O2S/c1-2-15-6-8-16(9-7-15)10-4-3-5-11(12(10)13)19(14,17)18/h3-5H,2,6-9,13H2,1H3,(H2,14,17,18). The molecule has 0 atom stereocenters. The van der Waals surface area contributed by atoms with Crippen LogP contribution in [0, 0.1) is 0 Å². The largest absolute Gasteiger partial charge is 0.396 e. The van der Waals surface area contributed by atoms with Crippen molar-refractivity contribution in [2.75, 3.05) is 43.4 Å². The number of hydrogen-bond acceptors (Lipinski definition) is 5. The Morgan fingerprint density at radius 2 is 1.84 bits per heavy atom. The van der Waals surface area contributed by atoms with Crippen molar-refractivity contribution in [3.8, 4) is 0 Å². The van der Waals surface area contributed by atoms with Gasteiger partial charge in [0.1, 0.15) is 4.90 Å². The van der Waals surface area contributed by atoms with E-state index in [0.29, 0.717) is 0 Å². The van der Waals surface area contributed by atoms with Crippen LogP contribution in [0.5, 0.6) is 0 Å². The first-order valence-electron chi connectivity index (χ1n) is 6.32. The van der Waals surface area contributed by atoms with E-state index in [0.717, 1.165) is 38.4 Å². The Balaban J connectivity index is 2.27. The Kier molecular flexibility index (Phi) is 3.98. The van der Waals surface area contributed by atoms with Crippen molar-refractivity contribution >= 4 is 21.4 Å².